The first kappa shape index (κ1) is 23.5. The first-order chi connectivity index (χ1) is 15.9. The van der Waals surface area contributed by atoms with E-state index in [1.54, 1.807) is 43.3 Å². The number of nitrogens with one attached hydrogen (secondary N) is 1. The number of carbonyl (C=O) groups is 2. The monoisotopic (exact) mass is 471 g/mol. The Morgan fingerprint density at radius 2 is 1.94 bits per heavy atom. The molecule has 170 valence electrons. The maximum absolute atomic E-state index is 11.9. The molecule has 0 fully saturated rings. The summed E-state index contributed by atoms with van der Waals surface area (Å²) in [5.41, 5.74) is 3.06. The largest absolute Gasteiger partial charge is 0.477 e. The molecule has 10 nitrogen and oxygen atoms in total. The van der Waals surface area contributed by atoms with Crippen molar-refractivity contribution >= 4 is 35.4 Å². The summed E-state index contributed by atoms with van der Waals surface area (Å²) in [7, 11) is 0. The normalized spacial score (nSPS) is 10.7. The van der Waals surface area contributed by atoms with Crippen LogP contribution >= 0.6 is 11.6 Å². The minimum Gasteiger partial charge on any atom is -0.477 e. The van der Waals surface area contributed by atoms with Gasteiger partial charge in [-0.25, -0.2) is 10.2 Å². The number of carbonyl (C=O) groups excluding carboxylic acids is 2. The Morgan fingerprint density at radius 1 is 1.18 bits per heavy atom. The van der Waals surface area contributed by atoms with Crippen LogP contribution in [0.4, 0.5) is 5.69 Å². The zero-order valence-corrected chi connectivity index (χ0v) is 18.1. The molecule has 0 saturated heterocycles. The lowest BCUT2D eigenvalue weighted by atomic mass is 10.1. The van der Waals surface area contributed by atoms with Gasteiger partial charge in [-0.3, -0.25) is 14.9 Å². The van der Waals surface area contributed by atoms with Crippen molar-refractivity contribution in [2.45, 2.75) is 6.92 Å². The summed E-state index contributed by atoms with van der Waals surface area (Å²) in [5, 5.41) is 15.0. The highest BCUT2D eigenvalue weighted by molar-refractivity contribution is 6.30. The van der Waals surface area contributed by atoms with Gasteiger partial charge in [-0.2, -0.15) is 5.10 Å². The summed E-state index contributed by atoms with van der Waals surface area (Å²) in [6.45, 7) is 1.54. The fraction of sp³-hybridized carbons (Fsp3) is 0.136. The van der Waals surface area contributed by atoms with Gasteiger partial charge in [0.15, 0.2) is 12.4 Å². The van der Waals surface area contributed by atoms with E-state index in [0.717, 1.165) is 11.6 Å². The Labute approximate surface area is 192 Å². The maximum atomic E-state index is 11.9. The van der Waals surface area contributed by atoms with Crippen molar-refractivity contribution in [1.82, 2.24) is 5.43 Å². The van der Waals surface area contributed by atoms with Crippen LogP contribution in [-0.2, 0) is 9.53 Å². The minimum atomic E-state index is -0.657. The van der Waals surface area contributed by atoms with Crippen LogP contribution in [0.3, 0.4) is 0 Å². The van der Waals surface area contributed by atoms with Crippen LogP contribution in [0.15, 0.2) is 64.1 Å². The highest BCUT2D eigenvalue weighted by Crippen LogP contribution is 2.29. The van der Waals surface area contributed by atoms with Gasteiger partial charge in [0.05, 0.1) is 23.3 Å². The van der Waals surface area contributed by atoms with Crippen LogP contribution in [0, 0.1) is 10.1 Å². The van der Waals surface area contributed by atoms with Crippen LogP contribution in [0.5, 0.6) is 5.75 Å². The van der Waals surface area contributed by atoms with E-state index in [1.807, 2.05) is 0 Å². The van der Waals surface area contributed by atoms with Gasteiger partial charge < -0.3 is 13.9 Å². The van der Waals surface area contributed by atoms with E-state index in [-0.39, 0.29) is 16.5 Å². The first-order valence-electron chi connectivity index (χ1n) is 9.63. The zero-order valence-electron chi connectivity index (χ0n) is 17.3. The SMILES string of the molecule is CCOC(=O)c1ccc(-c2ccc(C=NNC(=O)COc3ccc(Cl)cc3[N+](=O)[O-])o2)cc1. The van der Waals surface area contributed by atoms with E-state index in [4.69, 9.17) is 25.5 Å². The number of nitro groups is 1. The standard InChI is InChI=1S/C22H18ClN3O7/c1-2-31-22(28)15-5-3-14(4-6-15)19-10-8-17(33-19)12-24-25-21(27)13-32-20-9-7-16(23)11-18(20)26(29)30/h3-12H,2,13H2,1H3,(H,25,27). The molecule has 0 aliphatic rings. The third-order valence-corrected chi connectivity index (χ3v) is 4.40. The Morgan fingerprint density at radius 3 is 2.64 bits per heavy atom. The molecule has 1 aromatic heterocycles. The summed E-state index contributed by atoms with van der Waals surface area (Å²) in [4.78, 5) is 34.0. The number of nitrogens with zero attached hydrogens (tertiary/aromatic N) is 2. The quantitative estimate of drug-likeness (QED) is 0.214. The predicted molar refractivity (Wildman–Crippen MR) is 119 cm³/mol. The average molecular weight is 472 g/mol. The molecule has 0 aliphatic carbocycles. The van der Waals surface area contributed by atoms with Crippen molar-refractivity contribution in [2.24, 2.45) is 5.10 Å². The van der Waals surface area contributed by atoms with Gasteiger partial charge in [0, 0.05) is 16.7 Å². The molecule has 3 rings (SSSR count). The van der Waals surface area contributed by atoms with E-state index in [1.165, 1.54) is 18.3 Å². The van der Waals surface area contributed by atoms with Crippen molar-refractivity contribution < 1.29 is 28.4 Å². The Balaban J connectivity index is 1.54. The van der Waals surface area contributed by atoms with Crippen LogP contribution in [0.1, 0.15) is 23.0 Å². The Hall–Kier alpha value is -4.18. The summed E-state index contributed by atoms with van der Waals surface area (Å²) in [6.07, 6.45) is 1.29. The lowest BCUT2D eigenvalue weighted by Crippen LogP contribution is -2.24. The molecule has 0 spiro atoms. The van der Waals surface area contributed by atoms with Gasteiger partial charge in [-0.1, -0.05) is 23.7 Å². The summed E-state index contributed by atoms with van der Waals surface area (Å²) < 4.78 is 15.8. The third-order valence-electron chi connectivity index (χ3n) is 4.16. The number of hydrogen-bond acceptors (Lipinski definition) is 8. The average Bonchev–Trinajstić information content (AvgIpc) is 3.27. The third kappa shape index (κ3) is 6.40. The lowest BCUT2D eigenvalue weighted by Gasteiger charge is -2.05. The highest BCUT2D eigenvalue weighted by Gasteiger charge is 2.16. The zero-order chi connectivity index (χ0) is 23.8. The molecule has 1 N–H and O–H groups in total. The van der Waals surface area contributed by atoms with Crippen molar-refractivity contribution in [3.8, 4) is 17.1 Å². The van der Waals surface area contributed by atoms with E-state index >= 15 is 0 Å². The van der Waals surface area contributed by atoms with Crippen molar-refractivity contribution in [3.63, 3.8) is 0 Å². The Bertz CT molecular complexity index is 1190. The number of benzene rings is 2. The van der Waals surface area contributed by atoms with Gasteiger partial charge in [-0.05, 0) is 43.3 Å². The van der Waals surface area contributed by atoms with E-state index in [0.29, 0.717) is 23.7 Å². The van der Waals surface area contributed by atoms with Crippen LogP contribution in [0.25, 0.3) is 11.3 Å². The molecule has 0 radical (unpaired) electrons. The number of halogens is 1. The molecule has 3 aromatic rings. The number of hydrazone groups is 1. The van der Waals surface area contributed by atoms with E-state index in [2.05, 4.69) is 10.5 Å². The number of esters is 1. The second kappa shape index (κ2) is 10.9. The molecule has 33 heavy (non-hydrogen) atoms. The molecular formula is C22H18ClN3O7. The summed E-state index contributed by atoms with van der Waals surface area (Å²) in [6, 6.07) is 13.9. The van der Waals surface area contributed by atoms with Crippen molar-refractivity contribution in [2.75, 3.05) is 13.2 Å². The van der Waals surface area contributed by atoms with Crippen LogP contribution in [-0.4, -0.2) is 36.2 Å². The number of nitro benzene ring substituents is 1. The first-order valence-corrected chi connectivity index (χ1v) is 10.0. The molecule has 1 heterocycles. The molecule has 11 heteroatoms. The maximum Gasteiger partial charge on any atom is 0.338 e. The number of ether oxygens (including phenoxy) is 2. The van der Waals surface area contributed by atoms with Crippen molar-refractivity contribution in [3.05, 3.63) is 81.1 Å². The molecule has 0 atom stereocenters. The second-order valence-corrected chi connectivity index (χ2v) is 6.89. The van der Waals surface area contributed by atoms with Crippen LogP contribution in [0.2, 0.25) is 5.02 Å². The van der Waals surface area contributed by atoms with Gasteiger partial charge in [0.1, 0.15) is 11.5 Å². The number of furan rings is 1. The van der Waals surface area contributed by atoms with E-state index in [9.17, 15) is 19.7 Å². The smallest absolute Gasteiger partial charge is 0.338 e. The fourth-order valence-corrected chi connectivity index (χ4v) is 2.83. The van der Waals surface area contributed by atoms with Gasteiger partial charge in [0.25, 0.3) is 5.91 Å². The van der Waals surface area contributed by atoms with Gasteiger partial charge in [-0.15, -0.1) is 0 Å². The molecule has 1 amide bonds. The molecule has 0 unspecified atom stereocenters. The molecule has 0 aliphatic heterocycles. The summed E-state index contributed by atoms with van der Waals surface area (Å²) in [5.74, 6) is -0.211. The molecule has 0 bridgehead atoms. The van der Waals surface area contributed by atoms with Gasteiger partial charge in [0.2, 0.25) is 0 Å². The molecule has 2 aromatic carbocycles. The molecule has 0 saturated carbocycles. The second-order valence-electron chi connectivity index (χ2n) is 6.45. The summed E-state index contributed by atoms with van der Waals surface area (Å²) >= 11 is 5.74. The molecular weight excluding hydrogens is 454 g/mol. The Kier molecular flexibility index (Phi) is 7.77. The van der Waals surface area contributed by atoms with Gasteiger partial charge >= 0.3 is 11.7 Å². The fourth-order valence-electron chi connectivity index (χ4n) is 2.66. The number of rotatable bonds is 9. The topological polar surface area (TPSA) is 133 Å². The van der Waals surface area contributed by atoms with E-state index < -0.39 is 23.4 Å². The minimum absolute atomic E-state index is 0.0896. The van der Waals surface area contributed by atoms with Crippen LogP contribution < -0.4 is 10.2 Å². The number of hydrogen-bond donors (Lipinski definition) is 1. The predicted octanol–water partition coefficient (Wildman–Crippen LogP) is 4.21. The van der Waals surface area contributed by atoms with Crippen molar-refractivity contribution in [1.29, 1.82) is 0 Å². The highest BCUT2D eigenvalue weighted by atomic mass is 35.5. The lowest BCUT2D eigenvalue weighted by molar-refractivity contribution is -0.385. The number of amides is 1.